The molecule has 0 saturated carbocycles. The van der Waals surface area contributed by atoms with Crippen LogP contribution in [-0.4, -0.2) is 41.5 Å². The van der Waals surface area contributed by atoms with Crippen molar-refractivity contribution in [1.29, 1.82) is 0 Å². The summed E-state index contributed by atoms with van der Waals surface area (Å²) in [4.78, 5) is 30.6. The molecule has 1 fully saturated rings. The Labute approximate surface area is 172 Å². The smallest absolute Gasteiger partial charge is 0.416 e. The van der Waals surface area contributed by atoms with E-state index >= 15 is 0 Å². The number of hydrogen-bond acceptors (Lipinski definition) is 5. The van der Waals surface area contributed by atoms with E-state index in [1.165, 1.54) is 18.3 Å². The predicted octanol–water partition coefficient (Wildman–Crippen LogP) is 4.26. The Kier molecular flexibility index (Phi) is 6.59. The molecule has 0 unspecified atom stereocenters. The highest BCUT2D eigenvalue weighted by Gasteiger charge is 2.31. The molecule has 160 valence electrons. The molecule has 2 aromatic rings. The van der Waals surface area contributed by atoms with Crippen molar-refractivity contribution in [2.45, 2.75) is 25.9 Å². The summed E-state index contributed by atoms with van der Waals surface area (Å²) in [5.74, 6) is -0.599. The van der Waals surface area contributed by atoms with Gasteiger partial charge in [-0.05, 0) is 50.1 Å². The van der Waals surface area contributed by atoms with Gasteiger partial charge < -0.3 is 15.0 Å². The van der Waals surface area contributed by atoms with E-state index in [9.17, 15) is 22.8 Å². The first kappa shape index (κ1) is 21.6. The number of hydrogen-bond donors (Lipinski definition) is 1. The lowest BCUT2D eigenvalue weighted by atomic mass is 9.96. The summed E-state index contributed by atoms with van der Waals surface area (Å²) >= 11 is 0. The van der Waals surface area contributed by atoms with E-state index in [1.807, 2.05) is 0 Å². The second kappa shape index (κ2) is 9.15. The summed E-state index contributed by atoms with van der Waals surface area (Å²) in [6, 6.07) is 7.87. The van der Waals surface area contributed by atoms with Crippen LogP contribution in [0.2, 0.25) is 0 Å². The number of benzene rings is 1. The third-order valence-electron chi connectivity index (χ3n) is 4.89. The van der Waals surface area contributed by atoms with E-state index in [1.54, 1.807) is 24.0 Å². The molecule has 1 N–H and O–H groups in total. The first-order valence-electron chi connectivity index (χ1n) is 9.64. The molecule has 9 heteroatoms. The molecule has 1 amide bonds. The average Bonchev–Trinajstić information content (AvgIpc) is 2.73. The number of carbonyl (C=O) groups excluding carboxylic acids is 2. The van der Waals surface area contributed by atoms with E-state index < -0.39 is 11.7 Å². The van der Waals surface area contributed by atoms with Gasteiger partial charge in [0.2, 0.25) is 0 Å². The van der Waals surface area contributed by atoms with E-state index in [0.29, 0.717) is 32.5 Å². The summed E-state index contributed by atoms with van der Waals surface area (Å²) < 4.78 is 43.9. The minimum absolute atomic E-state index is 0.175. The summed E-state index contributed by atoms with van der Waals surface area (Å²) in [5, 5.41) is 2.82. The zero-order chi connectivity index (χ0) is 21.7. The molecule has 0 radical (unpaired) electrons. The molecule has 1 aliphatic rings. The normalized spacial score (nSPS) is 15.0. The molecule has 1 aromatic carbocycles. The number of anilines is 2. The first-order chi connectivity index (χ1) is 14.3. The van der Waals surface area contributed by atoms with Crippen LogP contribution in [0, 0.1) is 5.92 Å². The summed E-state index contributed by atoms with van der Waals surface area (Å²) in [5.41, 5.74) is -0.361. The lowest BCUT2D eigenvalue weighted by Gasteiger charge is -2.31. The van der Waals surface area contributed by atoms with Gasteiger partial charge >= 0.3 is 12.1 Å². The third kappa shape index (κ3) is 5.08. The van der Waals surface area contributed by atoms with Gasteiger partial charge in [-0.15, -0.1) is 0 Å². The maximum Gasteiger partial charge on any atom is 0.416 e. The number of alkyl halides is 3. The lowest BCUT2D eigenvalue weighted by Crippen LogP contribution is -2.40. The Balaban J connectivity index is 1.73. The highest BCUT2D eigenvalue weighted by Crippen LogP contribution is 2.32. The fraction of sp³-hybridized carbons (Fsp3) is 0.381. The first-order valence-corrected chi connectivity index (χ1v) is 9.64. The van der Waals surface area contributed by atoms with Crippen LogP contribution in [-0.2, 0) is 15.7 Å². The van der Waals surface area contributed by atoms with Crippen molar-refractivity contribution >= 4 is 23.4 Å². The summed E-state index contributed by atoms with van der Waals surface area (Å²) in [7, 11) is 0. The minimum Gasteiger partial charge on any atom is -0.466 e. The zero-order valence-electron chi connectivity index (χ0n) is 16.4. The molecular weight excluding hydrogens is 399 g/mol. The molecular formula is C21H22F3N3O3. The van der Waals surface area contributed by atoms with E-state index in [-0.39, 0.29) is 34.9 Å². The molecule has 0 spiro atoms. The van der Waals surface area contributed by atoms with Crippen LogP contribution in [0.1, 0.15) is 35.7 Å². The number of halogens is 3. The maximum atomic E-state index is 13.0. The highest BCUT2D eigenvalue weighted by molar-refractivity contribution is 5.99. The Morgan fingerprint density at radius 2 is 1.93 bits per heavy atom. The zero-order valence-corrected chi connectivity index (χ0v) is 16.4. The van der Waals surface area contributed by atoms with Gasteiger partial charge in [0.1, 0.15) is 5.82 Å². The SMILES string of the molecule is CCOC(=O)C1CCN(C(=O)c2cccnc2Nc2cccc(C(F)(F)F)c2)CC1. The molecule has 1 aliphatic heterocycles. The lowest BCUT2D eigenvalue weighted by molar-refractivity contribution is -0.149. The molecule has 0 bridgehead atoms. The number of aromatic nitrogens is 1. The Hall–Kier alpha value is -3.10. The molecule has 0 aliphatic carbocycles. The highest BCUT2D eigenvalue weighted by atomic mass is 19.4. The fourth-order valence-corrected chi connectivity index (χ4v) is 3.34. The van der Waals surface area contributed by atoms with E-state index in [0.717, 1.165) is 12.1 Å². The average molecular weight is 421 g/mol. The van der Waals surface area contributed by atoms with Crippen molar-refractivity contribution in [2.24, 2.45) is 5.92 Å². The number of esters is 1. The second-order valence-electron chi connectivity index (χ2n) is 6.92. The van der Waals surface area contributed by atoms with Crippen molar-refractivity contribution in [3.05, 3.63) is 53.7 Å². The predicted molar refractivity (Wildman–Crippen MR) is 104 cm³/mol. The fourth-order valence-electron chi connectivity index (χ4n) is 3.34. The van der Waals surface area contributed by atoms with Gasteiger partial charge in [-0.25, -0.2) is 4.98 Å². The molecule has 30 heavy (non-hydrogen) atoms. The van der Waals surface area contributed by atoms with E-state index in [2.05, 4.69) is 10.3 Å². The molecule has 3 rings (SSSR count). The quantitative estimate of drug-likeness (QED) is 0.731. The molecule has 1 saturated heterocycles. The number of pyridine rings is 1. The van der Waals surface area contributed by atoms with Crippen LogP contribution in [0.5, 0.6) is 0 Å². The van der Waals surface area contributed by atoms with Crippen LogP contribution < -0.4 is 5.32 Å². The standard InChI is InChI=1S/C21H22F3N3O3/c1-2-30-20(29)14-8-11-27(12-9-14)19(28)17-7-4-10-25-18(17)26-16-6-3-5-15(13-16)21(22,23)24/h3-7,10,13-14H,2,8-9,11-12H2,1H3,(H,25,26). The van der Waals surface area contributed by atoms with Crippen molar-refractivity contribution in [3.63, 3.8) is 0 Å². The van der Waals surface area contributed by atoms with Gasteiger partial charge in [0, 0.05) is 25.0 Å². The number of nitrogens with one attached hydrogen (secondary N) is 1. The number of rotatable bonds is 5. The number of ether oxygens (including phenoxy) is 1. The monoisotopic (exact) mass is 421 g/mol. The number of piperidine rings is 1. The van der Waals surface area contributed by atoms with Crippen LogP contribution >= 0.6 is 0 Å². The third-order valence-corrected chi connectivity index (χ3v) is 4.89. The van der Waals surface area contributed by atoms with Crippen molar-refractivity contribution in [3.8, 4) is 0 Å². The van der Waals surface area contributed by atoms with Crippen LogP contribution in [0.4, 0.5) is 24.7 Å². The number of likely N-dealkylation sites (tertiary alicyclic amines) is 1. The van der Waals surface area contributed by atoms with Gasteiger partial charge in [0.15, 0.2) is 0 Å². The van der Waals surface area contributed by atoms with Gasteiger partial charge in [-0.1, -0.05) is 6.07 Å². The topological polar surface area (TPSA) is 71.5 Å². The summed E-state index contributed by atoms with van der Waals surface area (Å²) in [6.45, 7) is 2.84. The van der Waals surface area contributed by atoms with Crippen LogP contribution in [0.25, 0.3) is 0 Å². The number of carbonyl (C=O) groups is 2. The Morgan fingerprint density at radius 1 is 1.20 bits per heavy atom. The number of amides is 1. The van der Waals surface area contributed by atoms with E-state index in [4.69, 9.17) is 4.74 Å². The summed E-state index contributed by atoms with van der Waals surface area (Å²) in [6.07, 6.45) is -2.01. The molecule has 6 nitrogen and oxygen atoms in total. The molecule has 0 atom stereocenters. The van der Waals surface area contributed by atoms with Gasteiger partial charge in [-0.3, -0.25) is 9.59 Å². The molecule has 2 heterocycles. The Bertz CT molecular complexity index is 910. The largest absolute Gasteiger partial charge is 0.466 e. The van der Waals surface area contributed by atoms with Gasteiger partial charge in [0.05, 0.1) is 23.7 Å². The number of nitrogens with zero attached hydrogens (tertiary/aromatic N) is 2. The van der Waals surface area contributed by atoms with Crippen molar-refractivity contribution < 1.29 is 27.5 Å². The Morgan fingerprint density at radius 3 is 2.60 bits per heavy atom. The minimum atomic E-state index is -4.47. The van der Waals surface area contributed by atoms with Crippen molar-refractivity contribution in [1.82, 2.24) is 9.88 Å². The van der Waals surface area contributed by atoms with Gasteiger partial charge in [-0.2, -0.15) is 13.2 Å². The maximum absolute atomic E-state index is 13.0. The van der Waals surface area contributed by atoms with Crippen LogP contribution in [0.3, 0.4) is 0 Å². The van der Waals surface area contributed by atoms with Crippen LogP contribution in [0.15, 0.2) is 42.6 Å². The molecule has 1 aromatic heterocycles. The van der Waals surface area contributed by atoms with Gasteiger partial charge in [0.25, 0.3) is 5.91 Å². The van der Waals surface area contributed by atoms with Crippen molar-refractivity contribution in [2.75, 3.05) is 25.0 Å². The second-order valence-corrected chi connectivity index (χ2v) is 6.92.